The molecule has 3 aromatic rings. The molecule has 4 rings (SSSR count). The molecular formula is C23H24BrN5O2S2. The molecule has 0 spiro atoms. The van der Waals surface area contributed by atoms with Gasteiger partial charge in [0.15, 0.2) is 11.0 Å². The first kappa shape index (κ1) is 23.8. The Morgan fingerprint density at radius 3 is 2.76 bits per heavy atom. The Morgan fingerprint density at radius 2 is 2.00 bits per heavy atom. The average Bonchev–Trinajstić information content (AvgIpc) is 3.30. The predicted octanol–water partition coefficient (Wildman–Crippen LogP) is 5.48. The summed E-state index contributed by atoms with van der Waals surface area (Å²) < 4.78 is 8.58. The second-order valence-electron chi connectivity index (χ2n) is 7.77. The normalized spacial score (nSPS) is 13.5. The molecule has 0 radical (unpaired) electrons. The Morgan fingerprint density at radius 1 is 1.24 bits per heavy atom. The van der Waals surface area contributed by atoms with E-state index in [1.807, 2.05) is 35.9 Å². The maximum Gasteiger partial charge on any atom is 0.235 e. The van der Waals surface area contributed by atoms with Gasteiger partial charge in [-0.3, -0.25) is 4.79 Å². The lowest BCUT2D eigenvalue weighted by atomic mass is 9.97. The Bertz CT molecular complexity index is 1170. The van der Waals surface area contributed by atoms with E-state index in [1.54, 1.807) is 11.3 Å². The van der Waals surface area contributed by atoms with Crippen molar-refractivity contribution in [2.75, 3.05) is 11.1 Å². The summed E-state index contributed by atoms with van der Waals surface area (Å²) in [4.78, 5) is 13.9. The SMILES string of the molecule is Cn1c(COc2ccc(Br)cc2)nnc1SCC(=O)Nc1sc2c(c1C#N)CCCCCC2. The molecule has 1 amide bonds. The van der Waals surface area contributed by atoms with Crippen LogP contribution in [0.4, 0.5) is 5.00 Å². The van der Waals surface area contributed by atoms with Crippen LogP contribution < -0.4 is 10.1 Å². The van der Waals surface area contributed by atoms with Crippen LogP contribution in [0.25, 0.3) is 0 Å². The number of carbonyl (C=O) groups is 1. The van der Waals surface area contributed by atoms with Crippen molar-refractivity contribution >= 4 is 49.9 Å². The summed E-state index contributed by atoms with van der Waals surface area (Å²) >= 11 is 6.27. The van der Waals surface area contributed by atoms with E-state index in [1.165, 1.54) is 29.5 Å². The van der Waals surface area contributed by atoms with E-state index in [9.17, 15) is 10.1 Å². The van der Waals surface area contributed by atoms with Crippen LogP contribution in [-0.2, 0) is 31.3 Å². The van der Waals surface area contributed by atoms with Gasteiger partial charge >= 0.3 is 0 Å². The van der Waals surface area contributed by atoms with Crippen molar-refractivity contribution in [2.45, 2.75) is 50.3 Å². The summed E-state index contributed by atoms with van der Waals surface area (Å²) in [6.45, 7) is 0.282. The number of rotatable bonds is 7. The van der Waals surface area contributed by atoms with Gasteiger partial charge in [-0.15, -0.1) is 21.5 Å². The third-order valence-corrected chi connectivity index (χ3v) is 8.23. The van der Waals surface area contributed by atoms with Gasteiger partial charge in [0.1, 0.15) is 23.4 Å². The van der Waals surface area contributed by atoms with Gasteiger partial charge in [-0.05, 0) is 55.5 Å². The molecule has 1 aromatic carbocycles. The van der Waals surface area contributed by atoms with Crippen molar-refractivity contribution < 1.29 is 9.53 Å². The number of aryl methyl sites for hydroxylation is 1. The molecule has 1 N–H and O–H groups in total. The third-order valence-electron chi connectivity index (χ3n) is 5.48. The van der Waals surface area contributed by atoms with Crippen molar-refractivity contribution in [3.63, 3.8) is 0 Å². The molecule has 0 fully saturated rings. The van der Waals surface area contributed by atoms with Crippen LogP contribution in [0.15, 0.2) is 33.9 Å². The molecule has 7 nitrogen and oxygen atoms in total. The fourth-order valence-corrected chi connectivity index (χ4v) is 5.94. The number of thiophene rings is 1. The molecule has 2 heterocycles. The number of halogens is 1. The van der Waals surface area contributed by atoms with E-state index in [0.717, 1.165) is 41.5 Å². The summed E-state index contributed by atoms with van der Waals surface area (Å²) in [6, 6.07) is 9.90. The number of ether oxygens (including phenoxy) is 1. The van der Waals surface area contributed by atoms with Crippen molar-refractivity contribution in [1.29, 1.82) is 5.26 Å². The molecule has 1 aliphatic carbocycles. The highest BCUT2D eigenvalue weighted by molar-refractivity contribution is 9.10. The quantitative estimate of drug-likeness (QED) is 0.395. The van der Waals surface area contributed by atoms with Gasteiger partial charge in [0, 0.05) is 16.4 Å². The minimum absolute atomic E-state index is 0.151. The van der Waals surface area contributed by atoms with Crippen LogP contribution in [0, 0.1) is 11.3 Å². The van der Waals surface area contributed by atoms with Gasteiger partial charge in [0.25, 0.3) is 0 Å². The smallest absolute Gasteiger partial charge is 0.235 e. The van der Waals surface area contributed by atoms with E-state index >= 15 is 0 Å². The van der Waals surface area contributed by atoms with Gasteiger partial charge < -0.3 is 14.6 Å². The highest BCUT2D eigenvalue weighted by Crippen LogP contribution is 2.36. The Hall–Kier alpha value is -2.35. The van der Waals surface area contributed by atoms with E-state index in [0.29, 0.717) is 21.5 Å². The third kappa shape index (κ3) is 5.96. The van der Waals surface area contributed by atoms with Crippen molar-refractivity contribution in [1.82, 2.24) is 14.8 Å². The molecule has 1 aliphatic rings. The molecule has 0 bridgehead atoms. The number of amides is 1. The lowest BCUT2D eigenvalue weighted by molar-refractivity contribution is -0.113. The number of nitriles is 1. The van der Waals surface area contributed by atoms with Crippen LogP contribution in [0.3, 0.4) is 0 Å². The standard InChI is InChI=1S/C23H24BrN5O2S2/c1-29-20(13-31-16-10-8-15(24)9-11-16)27-28-23(29)32-14-21(30)26-22-18(12-25)17-6-4-2-3-5-7-19(17)33-22/h8-11H,2-7,13-14H2,1H3,(H,26,30). The van der Waals surface area contributed by atoms with Gasteiger partial charge in [-0.1, -0.05) is 40.5 Å². The topological polar surface area (TPSA) is 92.8 Å². The lowest BCUT2D eigenvalue weighted by Crippen LogP contribution is -2.14. The van der Waals surface area contributed by atoms with Gasteiger partial charge in [0.05, 0.1) is 11.3 Å². The number of hydrogen-bond donors (Lipinski definition) is 1. The van der Waals surface area contributed by atoms with Crippen LogP contribution in [0.1, 0.15) is 47.5 Å². The fourth-order valence-electron chi connectivity index (χ4n) is 3.69. The maximum absolute atomic E-state index is 12.6. The second kappa shape index (κ2) is 11.2. The lowest BCUT2D eigenvalue weighted by Gasteiger charge is -2.08. The van der Waals surface area contributed by atoms with E-state index < -0.39 is 0 Å². The van der Waals surface area contributed by atoms with Crippen LogP contribution in [0.5, 0.6) is 5.75 Å². The molecule has 2 aromatic heterocycles. The first-order valence-electron chi connectivity index (χ1n) is 10.8. The fraction of sp³-hybridized carbons (Fsp3) is 0.391. The van der Waals surface area contributed by atoms with Crippen molar-refractivity contribution in [3.05, 3.63) is 50.6 Å². The monoisotopic (exact) mass is 545 g/mol. The largest absolute Gasteiger partial charge is 0.486 e. The van der Waals surface area contributed by atoms with Crippen LogP contribution >= 0.6 is 39.0 Å². The van der Waals surface area contributed by atoms with Crippen molar-refractivity contribution in [3.8, 4) is 11.8 Å². The van der Waals surface area contributed by atoms with Gasteiger partial charge in [-0.2, -0.15) is 5.26 Å². The highest BCUT2D eigenvalue weighted by Gasteiger charge is 2.21. The number of thioether (sulfide) groups is 1. The first-order valence-corrected chi connectivity index (χ1v) is 13.4. The number of fused-ring (bicyclic) bond motifs is 1. The zero-order valence-corrected chi connectivity index (χ0v) is 21.5. The molecule has 0 saturated heterocycles. The summed E-state index contributed by atoms with van der Waals surface area (Å²) in [6.07, 6.45) is 6.58. The minimum Gasteiger partial charge on any atom is -0.486 e. The molecule has 10 heteroatoms. The second-order valence-corrected chi connectivity index (χ2v) is 10.7. The zero-order valence-electron chi connectivity index (χ0n) is 18.3. The predicted molar refractivity (Wildman–Crippen MR) is 134 cm³/mol. The number of nitrogens with zero attached hydrogens (tertiary/aromatic N) is 4. The molecular weight excluding hydrogens is 522 g/mol. The molecule has 0 saturated carbocycles. The minimum atomic E-state index is -0.151. The summed E-state index contributed by atoms with van der Waals surface area (Å²) in [5.74, 6) is 1.45. The van der Waals surface area contributed by atoms with E-state index in [2.05, 4.69) is 37.5 Å². The summed E-state index contributed by atoms with van der Waals surface area (Å²) in [5.41, 5.74) is 1.77. The molecule has 0 atom stereocenters. The van der Waals surface area contributed by atoms with Crippen molar-refractivity contribution in [2.24, 2.45) is 7.05 Å². The number of carbonyl (C=O) groups excluding carboxylic acids is 1. The average molecular weight is 547 g/mol. The number of hydrogen-bond acceptors (Lipinski definition) is 7. The highest BCUT2D eigenvalue weighted by atomic mass is 79.9. The maximum atomic E-state index is 12.6. The number of anilines is 1. The van der Waals surface area contributed by atoms with Gasteiger partial charge in [-0.25, -0.2) is 0 Å². The Balaban J connectivity index is 1.34. The molecule has 0 aliphatic heterocycles. The molecule has 0 unspecified atom stereocenters. The Labute approximate surface area is 209 Å². The number of aromatic nitrogens is 3. The molecule has 33 heavy (non-hydrogen) atoms. The van der Waals surface area contributed by atoms with E-state index in [-0.39, 0.29) is 18.3 Å². The molecule has 172 valence electrons. The number of benzene rings is 1. The van der Waals surface area contributed by atoms with E-state index in [4.69, 9.17) is 4.74 Å². The summed E-state index contributed by atoms with van der Waals surface area (Å²) in [7, 11) is 1.85. The Kier molecular flexibility index (Phi) is 8.06. The number of nitrogens with one attached hydrogen (secondary N) is 1. The summed E-state index contributed by atoms with van der Waals surface area (Å²) in [5, 5.41) is 22.3. The van der Waals surface area contributed by atoms with Crippen LogP contribution in [0.2, 0.25) is 0 Å². The first-order chi connectivity index (χ1) is 16.0. The van der Waals surface area contributed by atoms with Gasteiger partial charge in [0.2, 0.25) is 5.91 Å². The van der Waals surface area contributed by atoms with Crippen LogP contribution in [-0.4, -0.2) is 26.4 Å². The zero-order chi connectivity index (χ0) is 23.2.